The number of carboxylic acid groups (broad SMARTS) is 1. The van der Waals surface area contributed by atoms with Gasteiger partial charge in [0.15, 0.2) is 0 Å². The van der Waals surface area contributed by atoms with Gasteiger partial charge in [-0.05, 0) is 24.6 Å². The first-order valence-electron chi connectivity index (χ1n) is 7.71. The number of benzene rings is 1. The normalized spacial score (nSPS) is 11.6. The van der Waals surface area contributed by atoms with Crippen LogP contribution >= 0.6 is 0 Å². The van der Waals surface area contributed by atoms with Crippen LogP contribution < -0.4 is 5.32 Å². The van der Waals surface area contributed by atoms with E-state index in [0.29, 0.717) is 6.42 Å². The average molecular weight is 321 g/mol. The van der Waals surface area contributed by atoms with E-state index in [-0.39, 0.29) is 11.1 Å². The third-order valence-electron chi connectivity index (χ3n) is 3.50. The smallest absolute Gasteiger partial charge is 0.337 e. The van der Waals surface area contributed by atoms with Crippen LogP contribution in [-0.2, 0) is 9.53 Å². The molecule has 1 amide bonds. The minimum Gasteiger partial charge on any atom is -0.480 e. The summed E-state index contributed by atoms with van der Waals surface area (Å²) in [5.41, 5.74) is 0.475. The topological polar surface area (TPSA) is 92.7 Å². The summed E-state index contributed by atoms with van der Waals surface area (Å²) in [6, 6.07) is 5.07. The Balaban J connectivity index is 2.71. The molecular formula is C17H23NO5. The highest BCUT2D eigenvalue weighted by molar-refractivity contribution is 5.99. The summed E-state index contributed by atoms with van der Waals surface area (Å²) in [6.07, 6.45) is 4.17. The number of carboxylic acids is 1. The van der Waals surface area contributed by atoms with Crippen LogP contribution in [0.25, 0.3) is 0 Å². The van der Waals surface area contributed by atoms with Gasteiger partial charge in [-0.3, -0.25) is 4.79 Å². The molecule has 1 aromatic carbocycles. The van der Waals surface area contributed by atoms with E-state index in [2.05, 4.69) is 17.0 Å². The number of hydrogen-bond donors (Lipinski definition) is 2. The van der Waals surface area contributed by atoms with E-state index in [9.17, 15) is 19.5 Å². The summed E-state index contributed by atoms with van der Waals surface area (Å²) in [6.45, 7) is 2.07. The Kier molecular flexibility index (Phi) is 7.80. The summed E-state index contributed by atoms with van der Waals surface area (Å²) in [4.78, 5) is 34.9. The van der Waals surface area contributed by atoms with E-state index in [1.807, 2.05) is 0 Å². The lowest BCUT2D eigenvalue weighted by Gasteiger charge is -2.14. The van der Waals surface area contributed by atoms with E-state index in [0.717, 1.165) is 25.7 Å². The molecule has 0 aromatic heterocycles. The molecule has 6 nitrogen and oxygen atoms in total. The fraction of sp³-hybridized carbons (Fsp3) is 0.471. The zero-order valence-electron chi connectivity index (χ0n) is 13.5. The molecule has 0 unspecified atom stereocenters. The minimum absolute atomic E-state index is 0.229. The van der Waals surface area contributed by atoms with Crippen molar-refractivity contribution in [3.8, 4) is 0 Å². The van der Waals surface area contributed by atoms with E-state index in [1.165, 1.54) is 25.3 Å². The Morgan fingerprint density at radius 1 is 1.17 bits per heavy atom. The van der Waals surface area contributed by atoms with Gasteiger partial charge in [0.25, 0.3) is 5.91 Å². The highest BCUT2D eigenvalue weighted by Gasteiger charge is 2.20. The molecule has 23 heavy (non-hydrogen) atoms. The second-order valence-corrected chi connectivity index (χ2v) is 5.29. The van der Waals surface area contributed by atoms with Crippen LogP contribution in [0.3, 0.4) is 0 Å². The first-order chi connectivity index (χ1) is 11.0. The molecule has 0 saturated heterocycles. The molecule has 0 spiro atoms. The lowest BCUT2D eigenvalue weighted by molar-refractivity contribution is -0.139. The Morgan fingerprint density at radius 3 is 2.48 bits per heavy atom. The van der Waals surface area contributed by atoms with Crippen molar-refractivity contribution in [1.29, 1.82) is 0 Å². The molecule has 126 valence electrons. The van der Waals surface area contributed by atoms with Crippen molar-refractivity contribution in [1.82, 2.24) is 5.32 Å². The highest BCUT2D eigenvalue weighted by atomic mass is 16.5. The van der Waals surface area contributed by atoms with E-state index >= 15 is 0 Å². The number of carbonyl (C=O) groups excluding carboxylic acids is 2. The fourth-order valence-electron chi connectivity index (χ4n) is 2.18. The number of ether oxygens (including phenoxy) is 1. The molecule has 0 fully saturated rings. The number of unbranched alkanes of at least 4 members (excludes halogenated alkanes) is 3. The molecule has 6 heteroatoms. The monoisotopic (exact) mass is 321 g/mol. The van der Waals surface area contributed by atoms with Crippen LogP contribution in [0.4, 0.5) is 0 Å². The molecule has 1 aromatic rings. The van der Waals surface area contributed by atoms with Crippen LogP contribution in [-0.4, -0.2) is 36.1 Å². The van der Waals surface area contributed by atoms with Gasteiger partial charge >= 0.3 is 11.9 Å². The quantitative estimate of drug-likeness (QED) is 0.539. The summed E-state index contributed by atoms with van der Waals surface area (Å²) in [7, 11) is 1.26. The van der Waals surface area contributed by atoms with Crippen LogP contribution in [0, 0.1) is 0 Å². The maximum absolute atomic E-state index is 12.2. The summed E-state index contributed by atoms with van der Waals surface area (Å²) in [5.74, 6) is -2.12. The molecule has 1 atom stereocenters. The van der Waals surface area contributed by atoms with Gasteiger partial charge in [-0.25, -0.2) is 9.59 Å². The molecule has 1 rings (SSSR count). The number of carbonyl (C=O) groups is 3. The highest BCUT2D eigenvalue weighted by Crippen LogP contribution is 2.09. The molecule has 0 radical (unpaired) electrons. The van der Waals surface area contributed by atoms with Gasteiger partial charge in [-0.2, -0.15) is 0 Å². The SMILES string of the molecule is CCCCCC[C@@H](NC(=O)c1cccc(C(=O)OC)c1)C(=O)O. The minimum atomic E-state index is -1.06. The Labute approximate surface area is 135 Å². The van der Waals surface area contributed by atoms with Gasteiger partial charge in [-0.15, -0.1) is 0 Å². The molecule has 0 heterocycles. The zero-order chi connectivity index (χ0) is 17.2. The lowest BCUT2D eigenvalue weighted by Crippen LogP contribution is -2.40. The van der Waals surface area contributed by atoms with Crippen LogP contribution in [0.5, 0.6) is 0 Å². The van der Waals surface area contributed by atoms with E-state index < -0.39 is 23.9 Å². The molecular weight excluding hydrogens is 298 g/mol. The van der Waals surface area contributed by atoms with Crippen molar-refractivity contribution in [2.75, 3.05) is 7.11 Å². The number of esters is 1. The summed E-state index contributed by atoms with van der Waals surface area (Å²) < 4.78 is 4.60. The second-order valence-electron chi connectivity index (χ2n) is 5.29. The van der Waals surface area contributed by atoms with Crippen LogP contribution in [0.2, 0.25) is 0 Å². The van der Waals surface area contributed by atoms with Gasteiger partial charge < -0.3 is 15.2 Å². The molecule has 0 aliphatic rings. The van der Waals surface area contributed by atoms with Gasteiger partial charge in [0.1, 0.15) is 6.04 Å². The van der Waals surface area contributed by atoms with Gasteiger partial charge in [0.2, 0.25) is 0 Å². The van der Waals surface area contributed by atoms with Crippen LogP contribution in [0.15, 0.2) is 24.3 Å². The fourth-order valence-corrected chi connectivity index (χ4v) is 2.18. The number of amides is 1. The van der Waals surface area contributed by atoms with Crippen molar-refractivity contribution in [2.45, 2.75) is 45.1 Å². The second kappa shape index (κ2) is 9.61. The van der Waals surface area contributed by atoms with Gasteiger partial charge in [0.05, 0.1) is 12.7 Å². The maximum atomic E-state index is 12.2. The lowest BCUT2D eigenvalue weighted by atomic mass is 10.1. The molecule has 0 saturated carbocycles. The van der Waals surface area contributed by atoms with Crippen molar-refractivity contribution >= 4 is 17.8 Å². The van der Waals surface area contributed by atoms with Gasteiger partial charge in [-0.1, -0.05) is 38.7 Å². The first kappa shape index (κ1) is 18.7. The summed E-state index contributed by atoms with van der Waals surface area (Å²) in [5, 5.41) is 11.7. The zero-order valence-corrected chi connectivity index (χ0v) is 13.5. The standard InChI is InChI=1S/C17H23NO5/c1-3-4-5-6-10-14(16(20)21)18-15(19)12-8-7-9-13(11-12)17(22)23-2/h7-9,11,14H,3-6,10H2,1-2H3,(H,18,19)(H,20,21)/t14-/m1/s1. The predicted molar refractivity (Wildman–Crippen MR) is 85.4 cm³/mol. The van der Waals surface area contributed by atoms with E-state index in [1.54, 1.807) is 6.07 Å². The van der Waals surface area contributed by atoms with Gasteiger partial charge in [0, 0.05) is 5.56 Å². The predicted octanol–water partition coefficient (Wildman–Crippen LogP) is 2.63. The largest absolute Gasteiger partial charge is 0.480 e. The Bertz CT molecular complexity index is 556. The van der Waals surface area contributed by atoms with Crippen molar-refractivity contribution < 1.29 is 24.2 Å². The third kappa shape index (κ3) is 6.10. The number of hydrogen-bond acceptors (Lipinski definition) is 4. The van der Waals surface area contributed by atoms with E-state index in [4.69, 9.17) is 0 Å². The van der Waals surface area contributed by atoms with Crippen molar-refractivity contribution in [3.05, 3.63) is 35.4 Å². The molecule has 2 N–H and O–H groups in total. The van der Waals surface area contributed by atoms with Crippen molar-refractivity contribution in [3.63, 3.8) is 0 Å². The van der Waals surface area contributed by atoms with Crippen LogP contribution in [0.1, 0.15) is 59.7 Å². The number of methoxy groups -OCH3 is 1. The Morgan fingerprint density at radius 2 is 1.87 bits per heavy atom. The maximum Gasteiger partial charge on any atom is 0.337 e. The number of rotatable bonds is 9. The first-order valence-corrected chi connectivity index (χ1v) is 7.71. The van der Waals surface area contributed by atoms with Crippen molar-refractivity contribution in [2.24, 2.45) is 0 Å². The summed E-state index contributed by atoms with van der Waals surface area (Å²) >= 11 is 0. The third-order valence-corrected chi connectivity index (χ3v) is 3.50. The average Bonchev–Trinajstić information content (AvgIpc) is 2.56. The Hall–Kier alpha value is -2.37. The molecule has 0 aliphatic heterocycles. The molecule has 0 aliphatic carbocycles. The number of aliphatic carboxylic acids is 1. The molecule has 0 bridgehead atoms. The number of nitrogens with one attached hydrogen (secondary N) is 1.